The summed E-state index contributed by atoms with van der Waals surface area (Å²) in [4.78, 5) is 2.23. The first-order valence-electron chi connectivity index (χ1n) is 9.82. The number of hydrogen-bond donors (Lipinski definition) is 1. The van der Waals surface area contributed by atoms with Crippen LogP contribution in [0.1, 0.15) is 13.8 Å². The second kappa shape index (κ2) is 10.0. The molecule has 1 heterocycles. The van der Waals surface area contributed by atoms with Gasteiger partial charge in [0.2, 0.25) is 0 Å². The zero-order valence-electron chi connectivity index (χ0n) is 16.3. The molecule has 0 saturated carbocycles. The quantitative estimate of drug-likeness (QED) is 0.732. The van der Waals surface area contributed by atoms with E-state index < -0.39 is 6.10 Å². The molecule has 5 nitrogen and oxygen atoms in total. The van der Waals surface area contributed by atoms with Crippen LogP contribution in [-0.4, -0.2) is 68.3 Å². The molecular weight excluding hydrogens is 342 g/mol. The summed E-state index contributed by atoms with van der Waals surface area (Å²) in [5.74, 6) is 1.37. The molecular formula is C22H31NO4. The first-order chi connectivity index (χ1) is 13.1. The second-order valence-corrected chi connectivity index (χ2v) is 7.63. The minimum absolute atomic E-state index is 0.00139. The van der Waals surface area contributed by atoms with E-state index in [0.29, 0.717) is 38.9 Å². The molecule has 5 heteroatoms. The summed E-state index contributed by atoms with van der Waals surface area (Å²) in [5.41, 5.74) is 0. The third-order valence-corrected chi connectivity index (χ3v) is 4.63. The fourth-order valence-corrected chi connectivity index (χ4v) is 3.34. The Morgan fingerprint density at radius 2 is 1.96 bits per heavy atom. The molecule has 2 atom stereocenters. The van der Waals surface area contributed by atoms with Crippen LogP contribution in [0.3, 0.4) is 0 Å². The Morgan fingerprint density at radius 3 is 2.81 bits per heavy atom. The number of rotatable bonds is 9. The lowest BCUT2D eigenvalue weighted by Crippen LogP contribution is -2.48. The van der Waals surface area contributed by atoms with Crippen molar-refractivity contribution in [2.24, 2.45) is 5.92 Å². The minimum Gasteiger partial charge on any atom is -0.490 e. The smallest absolute Gasteiger partial charge is 0.127 e. The van der Waals surface area contributed by atoms with E-state index in [1.165, 1.54) is 5.39 Å². The fourth-order valence-electron chi connectivity index (χ4n) is 3.34. The van der Waals surface area contributed by atoms with Crippen LogP contribution < -0.4 is 4.74 Å². The van der Waals surface area contributed by atoms with Gasteiger partial charge in [0.25, 0.3) is 0 Å². The highest BCUT2D eigenvalue weighted by molar-refractivity contribution is 5.88. The van der Waals surface area contributed by atoms with E-state index in [2.05, 4.69) is 36.9 Å². The summed E-state index contributed by atoms with van der Waals surface area (Å²) in [5, 5.41) is 12.5. The van der Waals surface area contributed by atoms with Crippen LogP contribution in [0, 0.1) is 5.92 Å². The predicted molar refractivity (Wildman–Crippen MR) is 107 cm³/mol. The number of aliphatic hydroxyl groups is 1. The lowest BCUT2D eigenvalue weighted by Gasteiger charge is -2.34. The summed E-state index contributed by atoms with van der Waals surface area (Å²) < 4.78 is 17.5. The van der Waals surface area contributed by atoms with Gasteiger partial charge in [0.1, 0.15) is 18.5 Å². The Labute approximate surface area is 161 Å². The molecule has 0 spiro atoms. The van der Waals surface area contributed by atoms with E-state index in [0.717, 1.165) is 24.2 Å². The molecule has 3 rings (SSSR count). The Morgan fingerprint density at radius 1 is 1.15 bits per heavy atom. The van der Waals surface area contributed by atoms with Gasteiger partial charge in [0.05, 0.1) is 19.3 Å². The van der Waals surface area contributed by atoms with Crippen LogP contribution in [0.2, 0.25) is 0 Å². The maximum atomic E-state index is 10.2. The largest absolute Gasteiger partial charge is 0.490 e. The number of morpholine rings is 1. The molecule has 1 aliphatic heterocycles. The SMILES string of the molecule is CC(C)COCC(O)CN1CCOC(COc2cccc3ccccc23)C1. The molecule has 1 aliphatic rings. The molecule has 27 heavy (non-hydrogen) atoms. The van der Waals surface area contributed by atoms with Crippen molar-refractivity contribution in [1.29, 1.82) is 0 Å². The second-order valence-electron chi connectivity index (χ2n) is 7.63. The predicted octanol–water partition coefficient (Wildman–Crippen LogP) is 2.95. The van der Waals surface area contributed by atoms with Gasteiger partial charge in [-0.1, -0.05) is 50.2 Å². The van der Waals surface area contributed by atoms with Crippen LogP contribution in [0.15, 0.2) is 42.5 Å². The number of hydrogen-bond acceptors (Lipinski definition) is 5. The molecule has 0 aromatic heterocycles. The van der Waals surface area contributed by atoms with Gasteiger partial charge in [0, 0.05) is 31.6 Å². The van der Waals surface area contributed by atoms with Crippen molar-refractivity contribution in [2.45, 2.75) is 26.1 Å². The lowest BCUT2D eigenvalue weighted by atomic mass is 10.1. The van der Waals surface area contributed by atoms with Gasteiger partial charge >= 0.3 is 0 Å². The van der Waals surface area contributed by atoms with E-state index in [1.54, 1.807) is 0 Å². The van der Waals surface area contributed by atoms with Crippen molar-refractivity contribution in [3.63, 3.8) is 0 Å². The summed E-state index contributed by atoms with van der Waals surface area (Å²) in [6.45, 7) is 8.62. The molecule has 2 aromatic carbocycles. The van der Waals surface area contributed by atoms with Crippen molar-refractivity contribution < 1.29 is 19.3 Å². The molecule has 2 unspecified atom stereocenters. The summed E-state index contributed by atoms with van der Waals surface area (Å²) in [6, 6.07) is 14.3. The van der Waals surface area contributed by atoms with Gasteiger partial charge in [-0.25, -0.2) is 0 Å². The van der Waals surface area contributed by atoms with Crippen molar-refractivity contribution in [3.8, 4) is 5.75 Å². The fraction of sp³-hybridized carbons (Fsp3) is 0.545. The number of nitrogens with zero attached hydrogens (tertiary/aromatic N) is 1. The normalized spacial score (nSPS) is 19.5. The van der Waals surface area contributed by atoms with E-state index in [1.807, 2.05) is 24.3 Å². The van der Waals surface area contributed by atoms with Gasteiger partial charge in [-0.05, 0) is 17.4 Å². The zero-order valence-corrected chi connectivity index (χ0v) is 16.3. The van der Waals surface area contributed by atoms with E-state index in [4.69, 9.17) is 14.2 Å². The third kappa shape index (κ3) is 6.18. The average molecular weight is 373 g/mol. The van der Waals surface area contributed by atoms with Crippen molar-refractivity contribution in [1.82, 2.24) is 4.90 Å². The van der Waals surface area contributed by atoms with Gasteiger partial charge in [-0.15, -0.1) is 0 Å². The maximum absolute atomic E-state index is 10.2. The van der Waals surface area contributed by atoms with Gasteiger partial charge in [-0.2, -0.15) is 0 Å². The molecule has 1 N–H and O–H groups in total. The molecule has 148 valence electrons. The molecule has 0 aliphatic carbocycles. The van der Waals surface area contributed by atoms with Crippen molar-refractivity contribution in [2.75, 3.05) is 46.1 Å². The first kappa shape index (κ1) is 20.1. The standard InChI is InChI=1S/C22H31NO4/c1-17(2)14-25-15-19(24)12-23-10-11-26-20(13-23)16-27-22-9-5-7-18-6-3-4-8-21(18)22/h3-9,17,19-20,24H,10-16H2,1-2H3. The van der Waals surface area contributed by atoms with Crippen molar-refractivity contribution in [3.05, 3.63) is 42.5 Å². The highest BCUT2D eigenvalue weighted by Crippen LogP contribution is 2.25. The van der Waals surface area contributed by atoms with Crippen LogP contribution in [-0.2, 0) is 9.47 Å². The highest BCUT2D eigenvalue weighted by atomic mass is 16.5. The number of fused-ring (bicyclic) bond motifs is 1. The van der Waals surface area contributed by atoms with Crippen LogP contribution >= 0.6 is 0 Å². The monoisotopic (exact) mass is 373 g/mol. The molecule has 0 bridgehead atoms. The first-order valence-corrected chi connectivity index (χ1v) is 9.82. The Kier molecular flexibility index (Phi) is 7.47. The van der Waals surface area contributed by atoms with Crippen molar-refractivity contribution >= 4 is 10.8 Å². The van der Waals surface area contributed by atoms with Gasteiger partial charge in [0.15, 0.2) is 0 Å². The summed E-state index contributed by atoms with van der Waals surface area (Å²) >= 11 is 0. The lowest BCUT2D eigenvalue weighted by molar-refractivity contribution is -0.0652. The number of ether oxygens (including phenoxy) is 3. The maximum Gasteiger partial charge on any atom is 0.127 e. The van der Waals surface area contributed by atoms with Crippen LogP contribution in [0.25, 0.3) is 10.8 Å². The zero-order chi connectivity index (χ0) is 19.1. The van der Waals surface area contributed by atoms with E-state index >= 15 is 0 Å². The van der Waals surface area contributed by atoms with Crippen LogP contribution in [0.5, 0.6) is 5.75 Å². The Balaban J connectivity index is 1.47. The average Bonchev–Trinajstić information content (AvgIpc) is 2.66. The molecule has 0 amide bonds. The summed E-state index contributed by atoms with van der Waals surface area (Å²) in [7, 11) is 0. The molecule has 1 fully saturated rings. The number of β-amino-alcohol motifs (C(OH)–C–C–N with tert-alkyl or cyclic N) is 1. The third-order valence-electron chi connectivity index (χ3n) is 4.63. The Bertz CT molecular complexity index is 700. The van der Waals surface area contributed by atoms with E-state index in [9.17, 15) is 5.11 Å². The van der Waals surface area contributed by atoms with Crippen LogP contribution in [0.4, 0.5) is 0 Å². The molecule has 1 saturated heterocycles. The Hall–Kier alpha value is -1.66. The molecule has 2 aromatic rings. The minimum atomic E-state index is -0.471. The highest BCUT2D eigenvalue weighted by Gasteiger charge is 2.23. The molecule has 0 radical (unpaired) electrons. The van der Waals surface area contributed by atoms with Gasteiger partial charge < -0.3 is 19.3 Å². The topological polar surface area (TPSA) is 51.2 Å². The summed E-state index contributed by atoms with van der Waals surface area (Å²) in [6.07, 6.45) is -0.469. The number of aliphatic hydroxyl groups excluding tert-OH is 1. The van der Waals surface area contributed by atoms with E-state index in [-0.39, 0.29) is 6.10 Å². The van der Waals surface area contributed by atoms with Gasteiger partial charge in [-0.3, -0.25) is 4.90 Å². The number of benzene rings is 2.